The van der Waals surface area contributed by atoms with Gasteiger partial charge in [0.05, 0.1) is 0 Å². The molecule has 1 aromatic rings. The summed E-state index contributed by atoms with van der Waals surface area (Å²) in [4.78, 5) is -0.526. The van der Waals surface area contributed by atoms with Crippen molar-refractivity contribution in [3.63, 3.8) is 0 Å². The second-order valence-electron chi connectivity index (χ2n) is 3.30. The van der Waals surface area contributed by atoms with Crippen LogP contribution >= 0.6 is 59.6 Å². The molecule has 1 radical (unpaired) electrons. The Kier molecular flexibility index (Phi) is 5.53. The van der Waals surface area contributed by atoms with Crippen molar-refractivity contribution >= 4 is 59.6 Å². The third kappa shape index (κ3) is 3.64. The molecule has 0 amide bonds. The molecular formula is C9HBr3F7S. The molecule has 0 aromatic heterocycles. The maximum absolute atomic E-state index is 13.3. The van der Waals surface area contributed by atoms with Crippen molar-refractivity contribution in [1.82, 2.24) is 0 Å². The number of rotatable bonds is 3. The van der Waals surface area contributed by atoms with E-state index < -0.39 is 34.0 Å². The lowest BCUT2D eigenvalue weighted by molar-refractivity contribution is -0.330. The SMILES string of the molecule is FC(F)(F)C(F)(F)C(F)(F)Sc1c(Br)[c]c(Br)cc1Br. The minimum atomic E-state index is -6.36. The molecule has 0 saturated heterocycles. The van der Waals surface area contributed by atoms with Crippen LogP contribution in [0.15, 0.2) is 24.4 Å². The van der Waals surface area contributed by atoms with E-state index >= 15 is 0 Å². The first-order chi connectivity index (χ1) is 8.79. The van der Waals surface area contributed by atoms with E-state index in [2.05, 4.69) is 53.9 Å². The van der Waals surface area contributed by atoms with E-state index in [4.69, 9.17) is 0 Å². The van der Waals surface area contributed by atoms with Gasteiger partial charge in [-0.15, -0.1) is 0 Å². The van der Waals surface area contributed by atoms with Crippen LogP contribution in [0.1, 0.15) is 0 Å². The molecule has 0 aliphatic carbocycles. The fraction of sp³-hybridized carbons (Fsp3) is 0.333. The number of hydrogen-bond acceptors (Lipinski definition) is 1. The van der Waals surface area contributed by atoms with Crippen LogP contribution in [0.5, 0.6) is 0 Å². The van der Waals surface area contributed by atoms with Crippen LogP contribution in [0.2, 0.25) is 0 Å². The van der Waals surface area contributed by atoms with Gasteiger partial charge in [0.2, 0.25) is 0 Å². The van der Waals surface area contributed by atoms with Crippen LogP contribution in [0.3, 0.4) is 0 Å². The monoisotopic (exact) mass is 511 g/mol. The van der Waals surface area contributed by atoms with Crippen molar-refractivity contribution in [3.05, 3.63) is 25.6 Å². The summed E-state index contributed by atoms with van der Waals surface area (Å²) >= 11 is 7.63. The number of halogens is 10. The summed E-state index contributed by atoms with van der Waals surface area (Å²) in [5.41, 5.74) is 0. The van der Waals surface area contributed by atoms with Gasteiger partial charge in [-0.25, -0.2) is 0 Å². The van der Waals surface area contributed by atoms with Crippen LogP contribution in [0.25, 0.3) is 0 Å². The van der Waals surface area contributed by atoms with E-state index in [1.54, 1.807) is 0 Å². The molecule has 0 aliphatic heterocycles. The molecule has 0 saturated carbocycles. The third-order valence-electron chi connectivity index (χ3n) is 1.85. The second-order valence-corrected chi connectivity index (χ2v) is 6.93. The van der Waals surface area contributed by atoms with Gasteiger partial charge in [0, 0.05) is 24.4 Å². The van der Waals surface area contributed by atoms with Crippen LogP contribution in [0, 0.1) is 6.07 Å². The predicted molar refractivity (Wildman–Crippen MR) is 70.2 cm³/mol. The Morgan fingerprint density at radius 3 is 1.85 bits per heavy atom. The average Bonchev–Trinajstić information content (AvgIpc) is 2.21. The predicted octanol–water partition coefficient (Wildman–Crippen LogP) is 6.66. The lowest BCUT2D eigenvalue weighted by Gasteiger charge is -2.28. The zero-order valence-electron chi connectivity index (χ0n) is 8.77. The molecule has 11 heteroatoms. The van der Waals surface area contributed by atoms with Crippen LogP contribution in [0.4, 0.5) is 30.7 Å². The largest absolute Gasteiger partial charge is 0.460 e. The molecule has 0 nitrogen and oxygen atoms in total. The summed E-state index contributed by atoms with van der Waals surface area (Å²) in [6.45, 7) is 0. The average molecular weight is 514 g/mol. The van der Waals surface area contributed by atoms with Gasteiger partial charge in [-0.05, 0) is 49.7 Å². The van der Waals surface area contributed by atoms with Crippen LogP contribution in [-0.4, -0.2) is 17.4 Å². The van der Waals surface area contributed by atoms with Gasteiger partial charge >= 0.3 is 17.4 Å². The molecule has 0 fully saturated rings. The Bertz CT molecular complexity index is 492. The number of benzene rings is 1. The molecule has 1 aromatic carbocycles. The molecule has 0 aliphatic rings. The van der Waals surface area contributed by atoms with Crippen molar-refractivity contribution < 1.29 is 30.7 Å². The molecule has 0 N–H and O–H groups in total. The quantitative estimate of drug-likeness (QED) is 0.322. The molecule has 1 rings (SSSR count). The Balaban J connectivity index is 3.22. The van der Waals surface area contributed by atoms with Crippen molar-refractivity contribution in [3.8, 4) is 0 Å². The summed E-state index contributed by atoms with van der Waals surface area (Å²) in [5, 5.41) is -5.38. The van der Waals surface area contributed by atoms with Crippen molar-refractivity contribution in [2.24, 2.45) is 0 Å². The van der Waals surface area contributed by atoms with Crippen molar-refractivity contribution in [1.29, 1.82) is 0 Å². The Morgan fingerprint density at radius 2 is 1.45 bits per heavy atom. The highest BCUT2D eigenvalue weighted by atomic mass is 79.9. The first-order valence-electron chi connectivity index (χ1n) is 4.38. The molecule has 0 unspecified atom stereocenters. The molecule has 0 heterocycles. The first kappa shape index (κ1) is 18.6. The van der Waals surface area contributed by atoms with Gasteiger partial charge in [-0.2, -0.15) is 30.7 Å². The molecule has 0 atom stereocenters. The minimum absolute atomic E-state index is 0.0855. The third-order valence-corrected chi connectivity index (χ3v) is 5.16. The zero-order chi connectivity index (χ0) is 15.9. The van der Waals surface area contributed by atoms with E-state index in [-0.39, 0.29) is 8.95 Å². The van der Waals surface area contributed by atoms with Gasteiger partial charge in [0.15, 0.2) is 0 Å². The molecular weight excluding hydrogens is 513 g/mol. The fourth-order valence-corrected chi connectivity index (χ4v) is 4.33. The Labute approximate surface area is 137 Å². The smallest absolute Gasteiger partial charge is 0.188 e. The molecule has 20 heavy (non-hydrogen) atoms. The van der Waals surface area contributed by atoms with E-state index in [1.165, 1.54) is 6.07 Å². The van der Waals surface area contributed by atoms with Crippen molar-refractivity contribution in [2.75, 3.05) is 0 Å². The van der Waals surface area contributed by atoms with Crippen LogP contribution in [-0.2, 0) is 0 Å². The standard InChI is InChI=1S/C9HBr3F7S/c10-3-1-4(11)6(5(12)2-3)20-9(18,19)7(13,14)8(15,16)17/h1H. The normalized spacial score (nSPS) is 13.7. The lowest BCUT2D eigenvalue weighted by Crippen LogP contribution is -2.49. The van der Waals surface area contributed by atoms with Crippen molar-refractivity contribution in [2.45, 2.75) is 22.2 Å². The highest BCUT2D eigenvalue weighted by Gasteiger charge is 2.73. The zero-order valence-corrected chi connectivity index (χ0v) is 14.3. The Morgan fingerprint density at radius 1 is 0.950 bits per heavy atom. The van der Waals surface area contributed by atoms with E-state index in [9.17, 15) is 30.7 Å². The topological polar surface area (TPSA) is 0 Å². The second kappa shape index (κ2) is 5.96. The van der Waals surface area contributed by atoms with Crippen LogP contribution < -0.4 is 0 Å². The molecule has 0 spiro atoms. The Hall–Kier alpha value is 0.520. The minimum Gasteiger partial charge on any atom is -0.188 e. The highest BCUT2D eigenvalue weighted by molar-refractivity contribution is 9.11. The van der Waals surface area contributed by atoms with Gasteiger partial charge in [0.1, 0.15) is 0 Å². The van der Waals surface area contributed by atoms with E-state index in [0.717, 1.165) is 0 Å². The number of alkyl halides is 7. The summed E-state index contributed by atoms with van der Waals surface area (Å²) in [6.07, 6.45) is -6.36. The summed E-state index contributed by atoms with van der Waals surface area (Å²) in [7, 11) is 0. The summed E-state index contributed by atoms with van der Waals surface area (Å²) < 4.78 is 88.2. The molecule has 0 bridgehead atoms. The van der Waals surface area contributed by atoms with Gasteiger partial charge in [0.25, 0.3) is 0 Å². The van der Waals surface area contributed by atoms with Gasteiger partial charge in [-0.1, -0.05) is 15.9 Å². The van der Waals surface area contributed by atoms with E-state index in [0.29, 0.717) is 4.47 Å². The summed E-state index contributed by atoms with van der Waals surface area (Å²) in [6, 6.07) is 3.60. The number of thioether (sulfide) groups is 1. The fourth-order valence-electron chi connectivity index (χ4n) is 0.930. The van der Waals surface area contributed by atoms with Gasteiger partial charge < -0.3 is 0 Å². The first-order valence-corrected chi connectivity index (χ1v) is 7.57. The van der Waals surface area contributed by atoms with E-state index in [1.807, 2.05) is 0 Å². The summed E-state index contributed by atoms with van der Waals surface area (Å²) in [5.74, 6) is -6.17. The number of hydrogen-bond donors (Lipinski definition) is 0. The maximum atomic E-state index is 13.3. The highest BCUT2D eigenvalue weighted by Crippen LogP contribution is 2.55. The lowest BCUT2D eigenvalue weighted by atomic mass is 10.3. The molecule has 113 valence electrons. The maximum Gasteiger partial charge on any atom is 0.460 e. The van der Waals surface area contributed by atoms with Gasteiger partial charge in [-0.3, -0.25) is 0 Å².